The van der Waals surface area contributed by atoms with E-state index in [0.717, 1.165) is 19.3 Å². The van der Waals surface area contributed by atoms with Gasteiger partial charge in [-0.15, -0.1) is 0 Å². The van der Waals surface area contributed by atoms with E-state index < -0.39 is 0 Å². The molecule has 11 heavy (non-hydrogen) atoms. The van der Waals surface area contributed by atoms with Crippen molar-refractivity contribution in [2.24, 2.45) is 11.7 Å². The quantitative estimate of drug-likeness (QED) is 0.563. The second-order valence-corrected chi connectivity index (χ2v) is 3.02. The van der Waals surface area contributed by atoms with Gasteiger partial charge in [-0.25, -0.2) is 0 Å². The van der Waals surface area contributed by atoms with Crippen LogP contribution in [0.4, 0.5) is 0 Å². The summed E-state index contributed by atoms with van der Waals surface area (Å²) in [5.41, 5.74) is 5.71. The summed E-state index contributed by atoms with van der Waals surface area (Å²) in [6.45, 7) is 6.02. The van der Waals surface area contributed by atoms with E-state index in [1.165, 1.54) is 0 Å². The van der Waals surface area contributed by atoms with Crippen molar-refractivity contribution >= 4 is 0 Å². The van der Waals surface area contributed by atoms with Crippen LogP contribution < -0.4 is 5.73 Å². The van der Waals surface area contributed by atoms with E-state index >= 15 is 0 Å². The molecule has 1 aliphatic carbocycles. The van der Waals surface area contributed by atoms with Crippen molar-refractivity contribution < 1.29 is 5.11 Å². The lowest BCUT2D eigenvalue weighted by molar-refractivity contribution is 0.0671. The Balaban J connectivity index is 0.000000461. The molecule has 0 unspecified atom stereocenters. The highest BCUT2D eigenvalue weighted by molar-refractivity contribution is 4.80. The fraction of sp³-hybridized carbons (Fsp3) is 1.00. The predicted molar refractivity (Wildman–Crippen MR) is 48.3 cm³/mol. The number of hydrogen-bond acceptors (Lipinski definition) is 2. The first-order valence-electron chi connectivity index (χ1n) is 4.65. The molecule has 1 aliphatic rings. The van der Waals surface area contributed by atoms with Crippen LogP contribution in [0.1, 0.15) is 40.0 Å². The Kier molecular flexibility index (Phi) is 5.51. The van der Waals surface area contributed by atoms with E-state index in [-0.39, 0.29) is 12.1 Å². The van der Waals surface area contributed by atoms with Crippen molar-refractivity contribution in [3.8, 4) is 0 Å². The van der Waals surface area contributed by atoms with Gasteiger partial charge in [0.25, 0.3) is 0 Å². The molecule has 0 aromatic rings. The van der Waals surface area contributed by atoms with Crippen LogP contribution in [0, 0.1) is 5.92 Å². The second kappa shape index (κ2) is 5.56. The third kappa shape index (κ3) is 3.21. The molecular weight excluding hydrogens is 138 g/mol. The summed E-state index contributed by atoms with van der Waals surface area (Å²) in [5.74, 6) is 0.304. The van der Waals surface area contributed by atoms with E-state index in [2.05, 4.69) is 0 Å². The normalized spacial score (nSPS) is 37.4. The highest BCUT2D eigenvalue weighted by atomic mass is 16.3. The van der Waals surface area contributed by atoms with Gasteiger partial charge in [-0.3, -0.25) is 0 Å². The molecule has 2 nitrogen and oxygen atoms in total. The molecule has 0 amide bonds. The molecule has 0 aromatic heterocycles. The maximum absolute atomic E-state index is 9.27. The molecule has 3 N–H and O–H groups in total. The molecule has 0 spiro atoms. The van der Waals surface area contributed by atoms with Crippen LogP contribution in [-0.2, 0) is 0 Å². The third-order valence-corrected chi connectivity index (χ3v) is 2.32. The summed E-state index contributed by atoms with van der Waals surface area (Å²) in [5, 5.41) is 9.27. The van der Waals surface area contributed by atoms with E-state index in [4.69, 9.17) is 5.73 Å². The van der Waals surface area contributed by atoms with Gasteiger partial charge in [-0.05, 0) is 25.2 Å². The van der Waals surface area contributed by atoms with Crippen LogP contribution in [0.25, 0.3) is 0 Å². The molecule has 1 fully saturated rings. The molecule has 68 valence electrons. The summed E-state index contributed by atoms with van der Waals surface area (Å²) < 4.78 is 0. The van der Waals surface area contributed by atoms with Crippen LogP contribution in [0.3, 0.4) is 0 Å². The Hall–Kier alpha value is -0.0800. The Morgan fingerprint density at radius 3 is 2.18 bits per heavy atom. The van der Waals surface area contributed by atoms with Gasteiger partial charge >= 0.3 is 0 Å². The highest BCUT2D eigenvalue weighted by Crippen LogP contribution is 2.22. The van der Waals surface area contributed by atoms with Crippen LogP contribution in [0.2, 0.25) is 0 Å². The van der Waals surface area contributed by atoms with Crippen molar-refractivity contribution in [1.82, 2.24) is 0 Å². The zero-order valence-corrected chi connectivity index (χ0v) is 7.88. The average Bonchev–Trinajstić information content (AvgIpc) is 2.04. The van der Waals surface area contributed by atoms with Gasteiger partial charge in [-0.2, -0.15) is 0 Å². The maximum atomic E-state index is 9.27. The van der Waals surface area contributed by atoms with Crippen molar-refractivity contribution in [3.05, 3.63) is 0 Å². The molecule has 2 heteroatoms. The first-order chi connectivity index (χ1) is 5.22. The second-order valence-electron chi connectivity index (χ2n) is 3.02. The van der Waals surface area contributed by atoms with Crippen molar-refractivity contribution in [1.29, 1.82) is 0 Å². The number of aliphatic hydroxyl groups is 1. The standard InChI is InChI=1S/C7H15NO.C2H6/c1-5-6(8)3-2-4-7(5)9;1-2/h5-7,9H,2-4,8H2,1H3;1-2H3/t5-,6+,7-;/m1./s1. The zero-order valence-electron chi connectivity index (χ0n) is 7.88. The number of nitrogens with two attached hydrogens (primary N) is 1. The summed E-state index contributed by atoms with van der Waals surface area (Å²) in [6.07, 6.45) is 2.97. The van der Waals surface area contributed by atoms with Gasteiger partial charge < -0.3 is 10.8 Å². The number of hydrogen-bond donors (Lipinski definition) is 2. The predicted octanol–water partition coefficient (Wildman–Crippen LogP) is 1.52. The Labute approximate surface area is 69.8 Å². The van der Waals surface area contributed by atoms with Gasteiger partial charge in [-0.1, -0.05) is 20.8 Å². The molecule has 0 aliphatic heterocycles. The van der Waals surface area contributed by atoms with E-state index in [1.54, 1.807) is 0 Å². The summed E-state index contributed by atoms with van der Waals surface area (Å²) >= 11 is 0. The van der Waals surface area contributed by atoms with E-state index in [1.807, 2.05) is 20.8 Å². The molecular formula is C9H21NO. The molecule has 1 rings (SSSR count). The third-order valence-electron chi connectivity index (χ3n) is 2.32. The van der Waals surface area contributed by atoms with E-state index in [0.29, 0.717) is 5.92 Å². The van der Waals surface area contributed by atoms with Gasteiger partial charge in [0.2, 0.25) is 0 Å². The monoisotopic (exact) mass is 159 g/mol. The molecule has 0 heterocycles. The molecule has 0 saturated heterocycles. The largest absolute Gasteiger partial charge is 0.393 e. The smallest absolute Gasteiger partial charge is 0.0580 e. The lowest BCUT2D eigenvalue weighted by Gasteiger charge is -2.29. The molecule has 1 saturated carbocycles. The minimum atomic E-state index is -0.145. The van der Waals surface area contributed by atoms with Crippen molar-refractivity contribution in [3.63, 3.8) is 0 Å². The fourth-order valence-electron chi connectivity index (χ4n) is 1.37. The fourth-order valence-corrected chi connectivity index (χ4v) is 1.37. The van der Waals surface area contributed by atoms with Gasteiger partial charge in [0.1, 0.15) is 0 Å². The van der Waals surface area contributed by atoms with Gasteiger partial charge in [0.15, 0.2) is 0 Å². The number of rotatable bonds is 0. The topological polar surface area (TPSA) is 46.2 Å². The summed E-state index contributed by atoms with van der Waals surface area (Å²) in [7, 11) is 0. The lowest BCUT2D eigenvalue weighted by atomic mass is 9.84. The highest BCUT2D eigenvalue weighted by Gasteiger charge is 2.24. The maximum Gasteiger partial charge on any atom is 0.0580 e. The molecule has 3 atom stereocenters. The first kappa shape index (κ1) is 10.9. The van der Waals surface area contributed by atoms with Crippen LogP contribution >= 0.6 is 0 Å². The van der Waals surface area contributed by atoms with Crippen molar-refractivity contribution in [2.45, 2.75) is 52.2 Å². The average molecular weight is 159 g/mol. The summed E-state index contributed by atoms with van der Waals surface area (Å²) in [4.78, 5) is 0. The SMILES string of the molecule is CC.C[C@H]1[C@H](O)CCC[C@@H]1N. The first-order valence-corrected chi connectivity index (χ1v) is 4.65. The molecule has 0 aromatic carbocycles. The van der Waals surface area contributed by atoms with Crippen LogP contribution in [-0.4, -0.2) is 17.3 Å². The van der Waals surface area contributed by atoms with E-state index in [9.17, 15) is 5.11 Å². The minimum absolute atomic E-state index is 0.145. The van der Waals surface area contributed by atoms with Gasteiger partial charge in [0, 0.05) is 6.04 Å². The lowest BCUT2D eigenvalue weighted by Crippen LogP contribution is -2.39. The van der Waals surface area contributed by atoms with Crippen molar-refractivity contribution in [2.75, 3.05) is 0 Å². The minimum Gasteiger partial charge on any atom is -0.393 e. The Bertz CT molecular complexity index is 85.6. The molecule has 0 bridgehead atoms. The zero-order chi connectivity index (χ0) is 8.85. The Morgan fingerprint density at radius 1 is 1.27 bits per heavy atom. The summed E-state index contributed by atoms with van der Waals surface area (Å²) in [6, 6.07) is 0.230. The Morgan fingerprint density at radius 2 is 1.82 bits per heavy atom. The van der Waals surface area contributed by atoms with Gasteiger partial charge in [0.05, 0.1) is 6.10 Å². The van der Waals surface area contributed by atoms with Crippen LogP contribution in [0.15, 0.2) is 0 Å². The van der Waals surface area contributed by atoms with Crippen LogP contribution in [0.5, 0.6) is 0 Å². The number of aliphatic hydroxyl groups excluding tert-OH is 1. The molecule has 0 radical (unpaired) electrons.